The Morgan fingerprint density at radius 1 is 1.25 bits per heavy atom. The zero-order chi connectivity index (χ0) is 14.5. The van der Waals surface area contributed by atoms with Gasteiger partial charge in [0.25, 0.3) is 0 Å². The van der Waals surface area contributed by atoms with Crippen molar-refractivity contribution in [2.45, 2.75) is 51.3 Å². The lowest BCUT2D eigenvalue weighted by atomic mass is 9.97. The van der Waals surface area contributed by atoms with Crippen molar-refractivity contribution in [3.05, 3.63) is 29.3 Å². The molecular formula is C16H24ClNO2. The first-order chi connectivity index (χ1) is 9.56. The molecule has 0 bridgehead atoms. The molecule has 0 aliphatic carbocycles. The minimum Gasteiger partial charge on any atom is -0.491 e. The van der Waals surface area contributed by atoms with E-state index in [1.54, 1.807) is 12.1 Å². The third-order valence-electron chi connectivity index (χ3n) is 4.05. The first-order valence-electron chi connectivity index (χ1n) is 7.38. The standard InChI is InChI=1S/C16H24ClNO2/c1-12-4-3-5-13(2)18(12)10-15(19)11-20-16-8-6-14(17)7-9-16/h6-9,12-13,15,19H,3-5,10-11H2,1-2H3/t12-,13+,15-/m0/s1. The van der Waals surface area contributed by atoms with Crippen LogP contribution in [0.1, 0.15) is 33.1 Å². The van der Waals surface area contributed by atoms with Crippen molar-refractivity contribution in [3.63, 3.8) is 0 Å². The van der Waals surface area contributed by atoms with Crippen LogP contribution in [0.4, 0.5) is 0 Å². The average Bonchev–Trinajstić information content (AvgIpc) is 2.42. The average molecular weight is 298 g/mol. The van der Waals surface area contributed by atoms with E-state index in [-0.39, 0.29) is 0 Å². The number of hydrogen-bond acceptors (Lipinski definition) is 3. The molecule has 0 aromatic heterocycles. The molecule has 0 amide bonds. The summed E-state index contributed by atoms with van der Waals surface area (Å²) in [6.07, 6.45) is 3.26. The van der Waals surface area contributed by atoms with Gasteiger partial charge in [-0.1, -0.05) is 18.0 Å². The number of nitrogens with zero attached hydrogens (tertiary/aromatic N) is 1. The van der Waals surface area contributed by atoms with Crippen molar-refractivity contribution < 1.29 is 9.84 Å². The van der Waals surface area contributed by atoms with E-state index in [1.807, 2.05) is 12.1 Å². The van der Waals surface area contributed by atoms with Crippen LogP contribution in [0.5, 0.6) is 5.75 Å². The molecule has 1 heterocycles. The van der Waals surface area contributed by atoms with E-state index in [0.29, 0.717) is 30.3 Å². The monoisotopic (exact) mass is 297 g/mol. The molecule has 3 atom stereocenters. The quantitative estimate of drug-likeness (QED) is 0.905. The first kappa shape index (κ1) is 15.6. The third kappa shape index (κ3) is 4.37. The van der Waals surface area contributed by atoms with Crippen molar-refractivity contribution in [1.82, 2.24) is 4.90 Å². The molecule has 0 saturated carbocycles. The van der Waals surface area contributed by atoms with Gasteiger partial charge >= 0.3 is 0 Å². The lowest BCUT2D eigenvalue weighted by molar-refractivity contribution is 0.0209. The number of rotatable bonds is 5. The van der Waals surface area contributed by atoms with Gasteiger partial charge in [-0.3, -0.25) is 4.90 Å². The van der Waals surface area contributed by atoms with Gasteiger partial charge in [0.05, 0.1) is 0 Å². The Kier molecular flexibility index (Phi) is 5.70. The normalized spacial score (nSPS) is 25.4. The molecule has 0 unspecified atom stereocenters. The Bertz CT molecular complexity index is 399. The Morgan fingerprint density at radius 3 is 2.45 bits per heavy atom. The number of halogens is 1. The van der Waals surface area contributed by atoms with Crippen LogP contribution in [0.3, 0.4) is 0 Å². The molecule has 1 aliphatic heterocycles. The maximum atomic E-state index is 10.2. The van der Waals surface area contributed by atoms with Crippen molar-refractivity contribution in [1.29, 1.82) is 0 Å². The maximum absolute atomic E-state index is 10.2. The van der Waals surface area contributed by atoms with Crippen molar-refractivity contribution >= 4 is 11.6 Å². The van der Waals surface area contributed by atoms with Gasteiger partial charge in [0.2, 0.25) is 0 Å². The Balaban J connectivity index is 1.79. The highest BCUT2D eigenvalue weighted by Crippen LogP contribution is 2.22. The van der Waals surface area contributed by atoms with Gasteiger partial charge in [-0.05, 0) is 51.0 Å². The van der Waals surface area contributed by atoms with Crippen LogP contribution < -0.4 is 4.74 Å². The van der Waals surface area contributed by atoms with Crippen molar-refractivity contribution in [2.24, 2.45) is 0 Å². The molecule has 1 saturated heterocycles. The smallest absolute Gasteiger partial charge is 0.119 e. The Morgan fingerprint density at radius 2 is 1.85 bits per heavy atom. The largest absolute Gasteiger partial charge is 0.491 e. The second kappa shape index (κ2) is 7.30. The Labute approximate surface area is 126 Å². The van der Waals surface area contributed by atoms with Crippen molar-refractivity contribution in [3.8, 4) is 5.75 Å². The number of piperidine rings is 1. The molecule has 0 radical (unpaired) electrons. The Hall–Kier alpha value is -0.770. The third-order valence-corrected chi connectivity index (χ3v) is 4.31. The zero-order valence-corrected chi connectivity index (χ0v) is 13.0. The van der Waals surface area contributed by atoms with Crippen LogP contribution in [0.15, 0.2) is 24.3 Å². The molecule has 0 spiro atoms. The fourth-order valence-electron chi connectivity index (χ4n) is 2.85. The fraction of sp³-hybridized carbons (Fsp3) is 0.625. The van der Waals surface area contributed by atoms with Crippen LogP contribution in [0, 0.1) is 0 Å². The molecule has 1 aromatic rings. The fourth-order valence-corrected chi connectivity index (χ4v) is 2.98. The number of aliphatic hydroxyl groups is 1. The topological polar surface area (TPSA) is 32.7 Å². The molecule has 1 N–H and O–H groups in total. The number of aliphatic hydroxyl groups excluding tert-OH is 1. The molecule has 2 rings (SSSR count). The molecular weight excluding hydrogens is 274 g/mol. The number of benzene rings is 1. The maximum Gasteiger partial charge on any atom is 0.119 e. The minimum absolute atomic E-state index is 0.317. The van der Waals surface area contributed by atoms with Gasteiger partial charge in [-0.15, -0.1) is 0 Å². The highest BCUT2D eigenvalue weighted by Gasteiger charge is 2.26. The van der Waals surface area contributed by atoms with Gasteiger partial charge in [-0.2, -0.15) is 0 Å². The second-order valence-electron chi connectivity index (χ2n) is 5.74. The molecule has 3 nitrogen and oxygen atoms in total. The molecule has 112 valence electrons. The van der Waals surface area contributed by atoms with Crippen LogP contribution in [-0.2, 0) is 0 Å². The lowest BCUT2D eigenvalue weighted by Crippen LogP contribution is -2.48. The van der Waals surface area contributed by atoms with E-state index in [4.69, 9.17) is 16.3 Å². The van der Waals surface area contributed by atoms with Gasteiger partial charge in [0, 0.05) is 23.7 Å². The van der Waals surface area contributed by atoms with E-state index >= 15 is 0 Å². The summed E-state index contributed by atoms with van der Waals surface area (Å²) in [6, 6.07) is 8.31. The highest BCUT2D eigenvalue weighted by molar-refractivity contribution is 6.30. The molecule has 20 heavy (non-hydrogen) atoms. The van der Waals surface area contributed by atoms with Gasteiger partial charge in [0.1, 0.15) is 18.5 Å². The summed E-state index contributed by atoms with van der Waals surface area (Å²) >= 11 is 5.82. The van der Waals surface area contributed by atoms with E-state index in [0.717, 1.165) is 5.75 Å². The summed E-state index contributed by atoms with van der Waals surface area (Å²) in [4.78, 5) is 2.39. The number of hydrogen-bond donors (Lipinski definition) is 1. The van der Waals surface area contributed by atoms with E-state index in [9.17, 15) is 5.11 Å². The van der Waals surface area contributed by atoms with E-state index in [2.05, 4.69) is 18.7 Å². The van der Waals surface area contributed by atoms with Crippen molar-refractivity contribution in [2.75, 3.05) is 13.2 Å². The summed E-state index contributed by atoms with van der Waals surface area (Å²) in [5.74, 6) is 0.744. The number of ether oxygens (including phenoxy) is 1. The summed E-state index contributed by atoms with van der Waals surface area (Å²) in [6.45, 7) is 5.47. The summed E-state index contributed by atoms with van der Waals surface area (Å²) in [7, 11) is 0. The minimum atomic E-state index is -0.464. The molecule has 1 fully saturated rings. The number of β-amino-alcohol motifs (C(OH)–C–C–N with tert-alkyl or cyclic N) is 1. The SMILES string of the molecule is C[C@@H]1CCC[C@H](C)N1C[C@H](O)COc1ccc(Cl)cc1. The van der Waals surface area contributed by atoms with Crippen LogP contribution >= 0.6 is 11.6 Å². The highest BCUT2D eigenvalue weighted by atomic mass is 35.5. The summed E-state index contributed by atoms with van der Waals surface area (Å²) in [5.41, 5.74) is 0. The predicted molar refractivity (Wildman–Crippen MR) is 82.4 cm³/mol. The van der Waals surface area contributed by atoms with Gasteiger partial charge in [0.15, 0.2) is 0 Å². The van der Waals surface area contributed by atoms with Crippen LogP contribution in [0.25, 0.3) is 0 Å². The van der Waals surface area contributed by atoms with Gasteiger partial charge < -0.3 is 9.84 Å². The van der Waals surface area contributed by atoms with E-state index in [1.165, 1.54) is 19.3 Å². The molecule has 1 aromatic carbocycles. The summed E-state index contributed by atoms with van der Waals surface area (Å²) in [5, 5.41) is 10.8. The van der Waals surface area contributed by atoms with Crippen LogP contribution in [-0.4, -0.2) is 41.3 Å². The van der Waals surface area contributed by atoms with Crippen LogP contribution in [0.2, 0.25) is 5.02 Å². The molecule has 1 aliphatic rings. The van der Waals surface area contributed by atoms with E-state index < -0.39 is 6.10 Å². The molecule has 4 heteroatoms. The lowest BCUT2D eigenvalue weighted by Gasteiger charge is -2.40. The first-order valence-corrected chi connectivity index (χ1v) is 7.76. The second-order valence-corrected chi connectivity index (χ2v) is 6.18. The zero-order valence-electron chi connectivity index (χ0n) is 12.3. The van der Waals surface area contributed by atoms with Gasteiger partial charge in [-0.25, -0.2) is 0 Å². The summed E-state index contributed by atoms with van der Waals surface area (Å²) < 4.78 is 5.60. The number of likely N-dealkylation sites (tertiary alicyclic amines) is 1. The predicted octanol–water partition coefficient (Wildman–Crippen LogP) is 3.34.